The summed E-state index contributed by atoms with van der Waals surface area (Å²) < 4.78 is 43.5. The van der Waals surface area contributed by atoms with Crippen LogP contribution >= 0.6 is 0 Å². The molecular formula is C17H24F3N3O2. The summed E-state index contributed by atoms with van der Waals surface area (Å²) in [5.41, 5.74) is 5.09. The van der Waals surface area contributed by atoms with E-state index >= 15 is 0 Å². The maximum atomic E-state index is 12.8. The molecule has 1 amide bonds. The number of halogens is 3. The van der Waals surface area contributed by atoms with Gasteiger partial charge in [-0.25, -0.2) is 4.79 Å². The third-order valence-electron chi connectivity index (χ3n) is 3.84. The number of nitrogen functional groups attached to an aromatic ring is 1. The van der Waals surface area contributed by atoms with Crippen LogP contribution in [0.25, 0.3) is 0 Å². The highest BCUT2D eigenvalue weighted by Crippen LogP contribution is 2.34. The lowest BCUT2D eigenvalue weighted by Crippen LogP contribution is -2.49. The molecule has 0 bridgehead atoms. The Morgan fingerprint density at radius 3 is 2.56 bits per heavy atom. The lowest BCUT2D eigenvalue weighted by Gasteiger charge is -2.35. The predicted molar refractivity (Wildman–Crippen MR) is 90.5 cm³/mol. The Labute approximate surface area is 145 Å². The molecule has 1 fully saturated rings. The number of benzene rings is 1. The topological polar surface area (TPSA) is 67.6 Å². The van der Waals surface area contributed by atoms with Crippen molar-refractivity contribution in [1.82, 2.24) is 5.32 Å². The molecule has 140 valence electrons. The number of hydrogen-bond donors (Lipinski definition) is 2. The van der Waals surface area contributed by atoms with E-state index in [0.717, 1.165) is 25.0 Å². The third-order valence-corrected chi connectivity index (χ3v) is 3.84. The maximum Gasteiger partial charge on any atom is 0.416 e. The molecule has 0 aliphatic carbocycles. The minimum atomic E-state index is -4.42. The van der Waals surface area contributed by atoms with Crippen LogP contribution in [-0.2, 0) is 10.9 Å². The first-order valence-electron chi connectivity index (χ1n) is 8.17. The molecular weight excluding hydrogens is 335 g/mol. The number of nitrogens with zero attached hydrogens (tertiary/aromatic N) is 1. The van der Waals surface area contributed by atoms with Crippen molar-refractivity contribution in [2.75, 3.05) is 23.7 Å². The average Bonchev–Trinajstić information content (AvgIpc) is 2.44. The van der Waals surface area contributed by atoms with Crippen molar-refractivity contribution in [2.24, 2.45) is 0 Å². The molecule has 5 nitrogen and oxygen atoms in total. The number of piperidine rings is 1. The van der Waals surface area contributed by atoms with Gasteiger partial charge in [0, 0.05) is 19.1 Å². The first-order chi connectivity index (χ1) is 11.5. The molecule has 2 rings (SSSR count). The molecule has 1 unspecified atom stereocenters. The Bertz CT molecular complexity index is 627. The molecule has 1 heterocycles. The molecule has 1 aromatic carbocycles. The van der Waals surface area contributed by atoms with Gasteiger partial charge in [-0.05, 0) is 51.8 Å². The molecule has 0 radical (unpaired) electrons. The molecule has 1 aliphatic rings. The van der Waals surface area contributed by atoms with Crippen LogP contribution in [0.5, 0.6) is 0 Å². The van der Waals surface area contributed by atoms with Crippen LogP contribution in [-0.4, -0.2) is 30.8 Å². The fourth-order valence-corrected chi connectivity index (χ4v) is 2.81. The van der Waals surface area contributed by atoms with Crippen LogP contribution in [0.1, 0.15) is 39.2 Å². The van der Waals surface area contributed by atoms with Crippen molar-refractivity contribution in [3.63, 3.8) is 0 Å². The summed E-state index contributed by atoms with van der Waals surface area (Å²) in [6.07, 6.45) is -3.35. The molecule has 1 saturated heterocycles. The summed E-state index contributed by atoms with van der Waals surface area (Å²) in [4.78, 5) is 13.8. The van der Waals surface area contributed by atoms with Crippen molar-refractivity contribution < 1.29 is 22.7 Å². The first kappa shape index (κ1) is 19.2. The highest BCUT2D eigenvalue weighted by atomic mass is 19.4. The van der Waals surface area contributed by atoms with E-state index in [-0.39, 0.29) is 11.7 Å². The Hall–Kier alpha value is -2.12. The van der Waals surface area contributed by atoms with Crippen LogP contribution in [0, 0.1) is 0 Å². The van der Waals surface area contributed by atoms with Crippen LogP contribution in [0.15, 0.2) is 18.2 Å². The normalized spacial score (nSPS) is 18.8. The number of alkyl carbamates (subject to hydrolysis) is 1. The lowest BCUT2D eigenvalue weighted by molar-refractivity contribution is -0.137. The second kappa shape index (κ2) is 7.01. The zero-order valence-corrected chi connectivity index (χ0v) is 14.6. The first-order valence-corrected chi connectivity index (χ1v) is 8.17. The van der Waals surface area contributed by atoms with E-state index < -0.39 is 23.4 Å². The minimum absolute atomic E-state index is 0.0766. The van der Waals surface area contributed by atoms with Gasteiger partial charge in [0.25, 0.3) is 0 Å². The number of anilines is 2. The molecule has 3 N–H and O–H groups in total. The number of carbonyl (C=O) groups is 1. The van der Waals surface area contributed by atoms with E-state index in [1.54, 1.807) is 20.8 Å². The highest BCUT2D eigenvalue weighted by molar-refractivity contribution is 5.70. The van der Waals surface area contributed by atoms with E-state index in [4.69, 9.17) is 10.5 Å². The van der Waals surface area contributed by atoms with Gasteiger partial charge >= 0.3 is 12.3 Å². The van der Waals surface area contributed by atoms with Crippen LogP contribution < -0.4 is 16.0 Å². The Balaban J connectivity index is 2.05. The van der Waals surface area contributed by atoms with E-state index in [9.17, 15) is 18.0 Å². The van der Waals surface area contributed by atoms with Crippen molar-refractivity contribution in [2.45, 2.75) is 51.4 Å². The SMILES string of the molecule is CC(C)(C)OC(=O)NC1CCCN(c2ccc(C(F)(F)F)cc2N)C1. The van der Waals surface area contributed by atoms with Gasteiger partial charge in [0.1, 0.15) is 5.60 Å². The smallest absolute Gasteiger partial charge is 0.416 e. The summed E-state index contributed by atoms with van der Waals surface area (Å²) in [6, 6.07) is 3.20. The fourth-order valence-electron chi connectivity index (χ4n) is 2.81. The van der Waals surface area contributed by atoms with Gasteiger partial charge in [-0.2, -0.15) is 13.2 Å². The summed E-state index contributed by atoms with van der Waals surface area (Å²) in [6.45, 7) is 6.48. The number of alkyl halides is 3. The maximum absolute atomic E-state index is 12.8. The molecule has 0 aromatic heterocycles. The summed E-state index contributed by atoms with van der Waals surface area (Å²) >= 11 is 0. The number of hydrogen-bond acceptors (Lipinski definition) is 4. The van der Waals surface area contributed by atoms with Gasteiger partial charge in [-0.15, -0.1) is 0 Å². The standard InChI is InChI=1S/C17H24F3N3O2/c1-16(2,3)25-15(24)22-12-5-4-8-23(10-12)14-7-6-11(9-13(14)21)17(18,19)20/h6-7,9,12H,4-5,8,10,21H2,1-3H3,(H,22,24). The van der Waals surface area contributed by atoms with E-state index in [1.165, 1.54) is 6.07 Å². The molecule has 1 atom stereocenters. The monoisotopic (exact) mass is 359 g/mol. The van der Waals surface area contributed by atoms with Crippen molar-refractivity contribution >= 4 is 17.5 Å². The van der Waals surface area contributed by atoms with Gasteiger partial charge in [-0.1, -0.05) is 0 Å². The van der Waals surface area contributed by atoms with Crippen LogP contribution in [0.4, 0.5) is 29.3 Å². The summed E-state index contributed by atoms with van der Waals surface area (Å²) in [5.74, 6) is 0. The van der Waals surface area contributed by atoms with Gasteiger partial charge < -0.3 is 20.7 Å². The van der Waals surface area contributed by atoms with Crippen LogP contribution in [0.3, 0.4) is 0 Å². The number of ether oxygens (including phenoxy) is 1. The van der Waals surface area contributed by atoms with E-state index in [0.29, 0.717) is 18.8 Å². The van der Waals surface area contributed by atoms with Gasteiger partial charge in [0.15, 0.2) is 0 Å². The molecule has 1 aliphatic heterocycles. The minimum Gasteiger partial charge on any atom is -0.444 e. The van der Waals surface area contributed by atoms with E-state index in [1.807, 2.05) is 4.90 Å². The molecule has 0 saturated carbocycles. The van der Waals surface area contributed by atoms with Crippen LogP contribution in [0.2, 0.25) is 0 Å². The van der Waals surface area contributed by atoms with Gasteiger partial charge in [0.2, 0.25) is 0 Å². The lowest BCUT2D eigenvalue weighted by atomic mass is 10.0. The second-order valence-electron chi connectivity index (χ2n) is 7.20. The number of nitrogens with two attached hydrogens (primary N) is 1. The number of amides is 1. The Morgan fingerprint density at radius 2 is 2.00 bits per heavy atom. The quantitative estimate of drug-likeness (QED) is 0.789. The third kappa shape index (κ3) is 5.44. The molecule has 25 heavy (non-hydrogen) atoms. The number of carbonyl (C=O) groups excluding carboxylic acids is 1. The van der Waals surface area contributed by atoms with Crippen molar-refractivity contribution in [1.29, 1.82) is 0 Å². The average molecular weight is 359 g/mol. The van der Waals surface area contributed by atoms with Gasteiger partial charge in [-0.3, -0.25) is 0 Å². The largest absolute Gasteiger partial charge is 0.444 e. The number of rotatable bonds is 2. The predicted octanol–water partition coefficient (Wildman–Crippen LogP) is 3.78. The summed E-state index contributed by atoms with van der Waals surface area (Å²) in [7, 11) is 0. The van der Waals surface area contributed by atoms with E-state index in [2.05, 4.69) is 5.32 Å². The zero-order chi connectivity index (χ0) is 18.8. The molecule has 0 spiro atoms. The Morgan fingerprint density at radius 1 is 1.32 bits per heavy atom. The fraction of sp³-hybridized carbons (Fsp3) is 0.588. The van der Waals surface area contributed by atoms with Gasteiger partial charge in [0.05, 0.1) is 16.9 Å². The van der Waals surface area contributed by atoms with Crippen molar-refractivity contribution in [3.8, 4) is 0 Å². The zero-order valence-electron chi connectivity index (χ0n) is 14.6. The second-order valence-corrected chi connectivity index (χ2v) is 7.20. The Kier molecular flexibility index (Phi) is 5.39. The molecule has 8 heteroatoms. The molecule has 1 aromatic rings. The highest BCUT2D eigenvalue weighted by Gasteiger charge is 2.32. The number of nitrogens with one attached hydrogen (secondary N) is 1. The summed E-state index contributed by atoms with van der Waals surface area (Å²) in [5, 5.41) is 2.81. The van der Waals surface area contributed by atoms with Crippen molar-refractivity contribution in [3.05, 3.63) is 23.8 Å².